The van der Waals surface area contributed by atoms with Gasteiger partial charge in [-0.3, -0.25) is 4.79 Å². The summed E-state index contributed by atoms with van der Waals surface area (Å²) < 4.78 is 11.7. The van der Waals surface area contributed by atoms with Crippen molar-refractivity contribution in [3.63, 3.8) is 0 Å². The van der Waals surface area contributed by atoms with E-state index in [0.717, 1.165) is 10.0 Å². The van der Waals surface area contributed by atoms with Gasteiger partial charge in [-0.15, -0.1) is 0 Å². The minimum Gasteiger partial charge on any atom is -0.496 e. The Morgan fingerprint density at radius 1 is 1.15 bits per heavy atom. The summed E-state index contributed by atoms with van der Waals surface area (Å²) in [6.45, 7) is 1.92. The van der Waals surface area contributed by atoms with E-state index in [-0.39, 0.29) is 12.4 Å². The lowest BCUT2D eigenvalue weighted by Crippen LogP contribution is -2.13. The molecule has 2 aromatic carbocycles. The van der Waals surface area contributed by atoms with Crippen LogP contribution in [-0.2, 0) is 0 Å². The molecule has 0 aromatic heterocycles. The zero-order valence-electron chi connectivity index (χ0n) is 11.4. The number of ketones is 1. The molecule has 0 aliphatic heterocycles. The van der Waals surface area contributed by atoms with Gasteiger partial charge < -0.3 is 9.47 Å². The minimum absolute atomic E-state index is 0.0162. The van der Waals surface area contributed by atoms with Gasteiger partial charge in [-0.25, -0.2) is 0 Å². The molecule has 0 saturated carbocycles. The highest BCUT2D eigenvalue weighted by Crippen LogP contribution is 2.24. The summed E-state index contributed by atoms with van der Waals surface area (Å²) in [7, 11) is 1.55. The van der Waals surface area contributed by atoms with E-state index in [0.29, 0.717) is 17.1 Å². The number of Topliss-reactive ketones (excluding diaryl/α,β-unsaturated/α-hetero) is 1. The first-order valence-electron chi connectivity index (χ1n) is 6.17. The molecular formula is C16H15BrO3. The lowest BCUT2D eigenvalue weighted by Gasteiger charge is -2.10. The highest BCUT2D eigenvalue weighted by Gasteiger charge is 2.12. The van der Waals surface area contributed by atoms with E-state index in [1.807, 2.05) is 31.2 Å². The SMILES string of the molecule is COc1ccccc1C(=O)COc1cc(Br)ccc1C. The number of para-hydroxylation sites is 1. The molecule has 0 fully saturated rings. The maximum atomic E-state index is 12.2. The van der Waals surface area contributed by atoms with E-state index in [9.17, 15) is 4.79 Å². The maximum Gasteiger partial charge on any atom is 0.203 e. The van der Waals surface area contributed by atoms with Crippen LogP contribution >= 0.6 is 15.9 Å². The van der Waals surface area contributed by atoms with E-state index >= 15 is 0 Å². The number of ether oxygens (including phenoxy) is 2. The molecule has 104 valence electrons. The average molecular weight is 335 g/mol. The van der Waals surface area contributed by atoms with Gasteiger partial charge in [-0.1, -0.05) is 34.1 Å². The summed E-state index contributed by atoms with van der Waals surface area (Å²) in [5.74, 6) is 1.15. The molecule has 0 bridgehead atoms. The molecule has 20 heavy (non-hydrogen) atoms. The predicted molar refractivity (Wildman–Crippen MR) is 81.7 cm³/mol. The maximum absolute atomic E-state index is 12.2. The van der Waals surface area contributed by atoms with Gasteiger partial charge in [0.15, 0.2) is 6.61 Å². The predicted octanol–water partition coefficient (Wildman–Crippen LogP) is 4.03. The van der Waals surface area contributed by atoms with Gasteiger partial charge in [0.25, 0.3) is 0 Å². The Labute approximate surface area is 126 Å². The van der Waals surface area contributed by atoms with Crippen molar-refractivity contribution >= 4 is 21.7 Å². The zero-order chi connectivity index (χ0) is 14.5. The van der Waals surface area contributed by atoms with E-state index in [1.165, 1.54) is 0 Å². The molecule has 0 aliphatic rings. The normalized spacial score (nSPS) is 10.2. The van der Waals surface area contributed by atoms with Gasteiger partial charge in [0.05, 0.1) is 12.7 Å². The summed E-state index contributed by atoms with van der Waals surface area (Å²) in [4.78, 5) is 12.2. The third-order valence-corrected chi connectivity index (χ3v) is 3.41. The Kier molecular flexibility index (Phi) is 4.79. The number of aryl methyl sites for hydroxylation is 1. The topological polar surface area (TPSA) is 35.5 Å². The van der Waals surface area contributed by atoms with Crippen molar-refractivity contribution in [1.82, 2.24) is 0 Å². The number of benzene rings is 2. The number of methoxy groups -OCH3 is 1. The van der Waals surface area contributed by atoms with Crippen LogP contribution < -0.4 is 9.47 Å². The number of hydrogen-bond donors (Lipinski definition) is 0. The third kappa shape index (κ3) is 3.39. The summed E-state index contributed by atoms with van der Waals surface area (Å²) in [5, 5.41) is 0. The molecule has 0 saturated heterocycles. The van der Waals surface area contributed by atoms with Gasteiger partial charge in [0, 0.05) is 4.47 Å². The second-order valence-corrected chi connectivity index (χ2v) is 5.24. The standard InChI is InChI=1S/C16H15BrO3/c1-11-7-8-12(17)9-16(11)20-10-14(18)13-5-3-4-6-15(13)19-2/h3-9H,10H2,1-2H3. The van der Waals surface area contributed by atoms with Crippen LogP contribution in [0, 0.1) is 6.92 Å². The van der Waals surface area contributed by atoms with Crippen LogP contribution in [0.4, 0.5) is 0 Å². The lowest BCUT2D eigenvalue weighted by molar-refractivity contribution is 0.0918. The van der Waals surface area contributed by atoms with Gasteiger partial charge >= 0.3 is 0 Å². The van der Waals surface area contributed by atoms with E-state index in [2.05, 4.69) is 15.9 Å². The Bertz CT molecular complexity index is 623. The molecule has 0 heterocycles. The monoisotopic (exact) mass is 334 g/mol. The Morgan fingerprint density at radius 3 is 2.65 bits per heavy atom. The minimum atomic E-state index is -0.109. The molecule has 0 amide bonds. The van der Waals surface area contributed by atoms with Crippen molar-refractivity contribution in [3.8, 4) is 11.5 Å². The largest absolute Gasteiger partial charge is 0.496 e. The molecule has 0 aliphatic carbocycles. The Hall–Kier alpha value is -1.81. The summed E-state index contributed by atoms with van der Waals surface area (Å²) in [6.07, 6.45) is 0. The van der Waals surface area contributed by atoms with Gasteiger partial charge in [-0.2, -0.15) is 0 Å². The van der Waals surface area contributed by atoms with Crippen LogP contribution in [-0.4, -0.2) is 19.5 Å². The molecule has 2 rings (SSSR count). The van der Waals surface area contributed by atoms with Crippen LogP contribution in [0.3, 0.4) is 0 Å². The van der Waals surface area contributed by atoms with E-state index in [4.69, 9.17) is 9.47 Å². The smallest absolute Gasteiger partial charge is 0.203 e. The summed E-state index contributed by atoms with van der Waals surface area (Å²) in [6, 6.07) is 12.9. The molecular weight excluding hydrogens is 320 g/mol. The molecule has 0 unspecified atom stereocenters. The van der Waals surface area contributed by atoms with Crippen LogP contribution in [0.5, 0.6) is 11.5 Å². The van der Waals surface area contributed by atoms with E-state index in [1.54, 1.807) is 25.3 Å². The van der Waals surface area contributed by atoms with Crippen molar-refractivity contribution in [2.24, 2.45) is 0 Å². The molecule has 0 spiro atoms. The number of hydrogen-bond acceptors (Lipinski definition) is 3. The van der Waals surface area contributed by atoms with Gasteiger partial charge in [0.1, 0.15) is 11.5 Å². The fraction of sp³-hybridized carbons (Fsp3) is 0.188. The molecule has 0 N–H and O–H groups in total. The first-order valence-corrected chi connectivity index (χ1v) is 6.96. The van der Waals surface area contributed by atoms with Gasteiger partial charge in [-0.05, 0) is 36.8 Å². The molecule has 3 nitrogen and oxygen atoms in total. The van der Waals surface area contributed by atoms with Crippen molar-refractivity contribution in [3.05, 3.63) is 58.1 Å². The Balaban J connectivity index is 2.11. The molecule has 2 aromatic rings. The highest BCUT2D eigenvalue weighted by molar-refractivity contribution is 9.10. The molecule has 0 atom stereocenters. The van der Waals surface area contributed by atoms with Crippen LogP contribution in [0.15, 0.2) is 46.9 Å². The van der Waals surface area contributed by atoms with Crippen molar-refractivity contribution in [1.29, 1.82) is 0 Å². The fourth-order valence-electron chi connectivity index (χ4n) is 1.83. The molecule has 0 radical (unpaired) electrons. The number of carbonyl (C=O) groups is 1. The Morgan fingerprint density at radius 2 is 1.90 bits per heavy atom. The summed E-state index contributed by atoms with van der Waals surface area (Å²) >= 11 is 3.39. The zero-order valence-corrected chi connectivity index (χ0v) is 12.9. The second kappa shape index (κ2) is 6.57. The quantitative estimate of drug-likeness (QED) is 0.774. The third-order valence-electron chi connectivity index (χ3n) is 2.92. The first kappa shape index (κ1) is 14.6. The molecule has 4 heteroatoms. The van der Waals surface area contributed by atoms with Crippen LogP contribution in [0.2, 0.25) is 0 Å². The van der Waals surface area contributed by atoms with E-state index < -0.39 is 0 Å². The van der Waals surface area contributed by atoms with Gasteiger partial charge in [0.2, 0.25) is 5.78 Å². The highest BCUT2D eigenvalue weighted by atomic mass is 79.9. The van der Waals surface area contributed by atoms with Crippen molar-refractivity contribution < 1.29 is 14.3 Å². The lowest BCUT2D eigenvalue weighted by atomic mass is 10.1. The van der Waals surface area contributed by atoms with Crippen LogP contribution in [0.25, 0.3) is 0 Å². The average Bonchev–Trinajstić information content (AvgIpc) is 2.47. The summed E-state index contributed by atoms with van der Waals surface area (Å²) in [5.41, 5.74) is 1.52. The number of carbonyl (C=O) groups excluding carboxylic acids is 1. The van der Waals surface area contributed by atoms with Crippen molar-refractivity contribution in [2.75, 3.05) is 13.7 Å². The van der Waals surface area contributed by atoms with Crippen molar-refractivity contribution in [2.45, 2.75) is 6.92 Å². The number of rotatable bonds is 5. The number of halogens is 1. The van der Waals surface area contributed by atoms with Crippen LogP contribution in [0.1, 0.15) is 15.9 Å². The fourth-order valence-corrected chi connectivity index (χ4v) is 2.17. The first-order chi connectivity index (χ1) is 9.61. The second-order valence-electron chi connectivity index (χ2n) is 4.32.